The van der Waals surface area contributed by atoms with Crippen LogP contribution in [-0.4, -0.2) is 32.8 Å². The van der Waals surface area contributed by atoms with Crippen LogP contribution >= 0.6 is 0 Å². The van der Waals surface area contributed by atoms with Crippen molar-refractivity contribution in [2.45, 2.75) is 39.0 Å². The summed E-state index contributed by atoms with van der Waals surface area (Å²) in [5, 5.41) is 5.41. The van der Waals surface area contributed by atoms with E-state index in [1.54, 1.807) is 7.11 Å². The monoisotopic (exact) mass is 220 g/mol. The highest BCUT2D eigenvalue weighted by Gasteiger charge is 2.23. The van der Waals surface area contributed by atoms with Crippen molar-refractivity contribution in [3.05, 3.63) is 4.91 Å². The second kappa shape index (κ2) is 9.82. The second-order valence-corrected chi connectivity index (χ2v) is 3.06. The lowest BCUT2D eigenvalue weighted by atomic mass is 10.2. The van der Waals surface area contributed by atoms with Gasteiger partial charge in [0.1, 0.15) is 12.9 Å². The van der Waals surface area contributed by atoms with E-state index in [9.17, 15) is 4.91 Å². The summed E-state index contributed by atoms with van der Waals surface area (Å²) in [4.78, 5) is 14.7. The van der Waals surface area contributed by atoms with Crippen LogP contribution in [0.15, 0.2) is 5.34 Å². The number of rotatable bonds is 10. The van der Waals surface area contributed by atoms with Crippen molar-refractivity contribution >= 4 is 0 Å². The van der Waals surface area contributed by atoms with E-state index in [1.165, 1.54) is 0 Å². The Bertz CT molecular complexity index is 157. The second-order valence-electron chi connectivity index (χ2n) is 3.06. The standard InChI is InChI=1S/C9H20N2O4/c1-4-6-8(14-7-13-3)9(10-5-2)15-11-12/h8-10H,4-7H2,1-3H3. The molecule has 0 aliphatic carbocycles. The van der Waals surface area contributed by atoms with Crippen LogP contribution in [0.2, 0.25) is 0 Å². The Morgan fingerprint density at radius 1 is 1.40 bits per heavy atom. The van der Waals surface area contributed by atoms with E-state index in [4.69, 9.17) is 9.47 Å². The fourth-order valence-electron chi connectivity index (χ4n) is 1.25. The molecule has 0 amide bonds. The molecule has 6 heteroatoms. The molecule has 0 aliphatic rings. The van der Waals surface area contributed by atoms with Crippen molar-refractivity contribution < 1.29 is 14.3 Å². The highest BCUT2D eigenvalue weighted by Crippen LogP contribution is 2.09. The third kappa shape index (κ3) is 6.38. The van der Waals surface area contributed by atoms with Gasteiger partial charge in [0.25, 0.3) is 0 Å². The minimum absolute atomic E-state index is 0.175. The lowest BCUT2D eigenvalue weighted by molar-refractivity contribution is -0.139. The van der Waals surface area contributed by atoms with E-state index in [0.717, 1.165) is 12.8 Å². The minimum atomic E-state index is -0.511. The van der Waals surface area contributed by atoms with E-state index < -0.39 is 6.23 Å². The Balaban J connectivity index is 4.15. The maximum absolute atomic E-state index is 10.1. The summed E-state index contributed by atoms with van der Waals surface area (Å²) < 4.78 is 10.2. The minimum Gasteiger partial charge on any atom is -0.359 e. The number of hydrogen-bond acceptors (Lipinski definition) is 6. The zero-order valence-corrected chi connectivity index (χ0v) is 9.56. The Morgan fingerprint density at radius 3 is 2.60 bits per heavy atom. The molecule has 0 rings (SSSR count). The number of hydrogen-bond donors (Lipinski definition) is 1. The maximum atomic E-state index is 10.1. The number of nitrogens with one attached hydrogen (secondary N) is 1. The van der Waals surface area contributed by atoms with Crippen LogP contribution in [0.1, 0.15) is 26.7 Å². The van der Waals surface area contributed by atoms with Crippen LogP contribution in [0.3, 0.4) is 0 Å². The van der Waals surface area contributed by atoms with Crippen LogP contribution in [0.4, 0.5) is 0 Å². The average Bonchev–Trinajstić information content (AvgIpc) is 2.24. The average molecular weight is 220 g/mol. The van der Waals surface area contributed by atoms with Gasteiger partial charge in [-0.1, -0.05) is 20.3 Å². The van der Waals surface area contributed by atoms with Crippen molar-refractivity contribution in [2.24, 2.45) is 5.34 Å². The Hall–Kier alpha value is -0.720. The van der Waals surface area contributed by atoms with Gasteiger partial charge in [-0.05, 0) is 13.0 Å². The SMILES string of the molecule is CCCC(OCOC)C(NCC)ON=O. The van der Waals surface area contributed by atoms with Gasteiger partial charge in [-0.2, -0.15) is 0 Å². The van der Waals surface area contributed by atoms with Crippen molar-refractivity contribution in [1.29, 1.82) is 0 Å². The third-order valence-electron chi connectivity index (χ3n) is 1.87. The summed E-state index contributed by atoms with van der Waals surface area (Å²) in [7, 11) is 1.55. The van der Waals surface area contributed by atoms with Crippen molar-refractivity contribution in [3.63, 3.8) is 0 Å². The Labute approximate surface area is 90.2 Å². The molecule has 0 aromatic carbocycles. The molecule has 0 heterocycles. The number of nitrogens with zero attached hydrogens (tertiary/aromatic N) is 1. The van der Waals surface area contributed by atoms with Crippen molar-refractivity contribution in [3.8, 4) is 0 Å². The summed E-state index contributed by atoms with van der Waals surface area (Å²) in [6.07, 6.45) is 0.963. The van der Waals surface area contributed by atoms with Gasteiger partial charge in [0.2, 0.25) is 6.23 Å². The van der Waals surface area contributed by atoms with E-state index in [-0.39, 0.29) is 12.9 Å². The first kappa shape index (κ1) is 14.3. The molecule has 0 spiro atoms. The van der Waals surface area contributed by atoms with Crippen LogP contribution in [0.5, 0.6) is 0 Å². The van der Waals surface area contributed by atoms with E-state index in [0.29, 0.717) is 6.54 Å². The molecule has 0 aromatic rings. The van der Waals surface area contributed by atoms with Gasteiger partial charge in [0.15, 0.2) is 5.34 Å². The number of ether oxygens (including phenoxy) is 2. The van der Waals surface area contributed by atoms with Gasteiger partial charge in [-0.15, -0.1) is 4.91 Å². The van der Waals surface area contributed by atoms with Crippen molar-refractivity contribution in [2.75, 3.05) is 20.4 Å². The van der Waals surface area contributed by atoms with Crippen LogP contribution in [-0.2, 0) is 14.3 Å². The fraction of sp³-hybridized carbons (Fsp3) is 1.00. The Morgan fingerprint density at radius 2 is 2.13 bits per heavy atom. The smallest absolute Gasteiger partial charge is 0.208 e. The molecule has 15 heavy (non-hydrogen) atoms. The zero-order chi connectivity index (χ0) is 11.5. The van der Waals surface area contributed by atoms with Gasteiger partial charge in [-0.3, -0.25) is 5.32 Å². The maximum Gasteiger partial charge on any atom is 0.208 e. The number of likely N-dealkylation sites (N-methyl/N-ethyl adjacent to an activating group) is 1. The molecule has 0 fully saturated rings. The lowest BCUT2D eigenvalue weighted by Gasteiger charge is -2.24. The summed E-state index contributed by atoms with van der Waals surface area (Å²) in [5.41, 5.74) is 0. The topological polar surface area (TPSA) is 69.2 Å². The zero-order valence-electron chi connectivity index (χ0n) is 9.56. The molecular weight excluding hydrogens is 200 g/mol. The molecule has 2 atom stereocenters. The van der Waals surface area contributed by atoms with E-state index in [1.807, 2.05) is 13.8 Å². The molecule has 0 saturated carbocycles. The summed E-state index contributed by atoms with van der Waals surface area (Å²) in [6.45, 7) is 4.80. The van der Waals surface area contributed by atoms with E-state index >= 15 is 0 Å². The largest absolute Gasteiger partial charge is 0.359 e. The van der Waals surface area contributed by atoms with Gasteiger partial charge < -0.3 is 14.3 Å². The predicted molar refractivity (Wildman–Crippen MR) is 56.0 cm³/mol. The normalized spacial score (nSPS) is 14.6. The van der Waals surface area contributed by atoms with E-state index in [2.05, 4.69) is 15.5 Å². The van der Waals surface area contributed by atoms with Crippen LogP contribution < -0.4 is 5.32 Å². The molecule has 0 radical (unpaired) electrons. The molecule has 0 aliphatic heterocycles. The molecule has 2 unspecified atom stereocenters. The quantitative estimate of drug-likeness (QED) is 0.342. The molecular formula is C9H20N2O4. The first-order valence-corrected chi connectivity index (χ1v) is 5.12. The van der Waals surface area contributed by atoms with Gasteiger partial charge in [0, 0.05) is 7.11 Å². The Kier molecular flexibility index (Phi) is 9.35. The van der Waals surface area contributed by atoms with Gasteiger partial charge in [0.05, 0.1) is 0 Å². The first-order valence-electron chi connectivity index (χ1n) is 5.12. The molecule has 0 bridgehead atoms. The van der Waals surface area contributed by atoms with Gasteiger partial charge in [-0.25, -0.2) is 0 Å². The molecule has 0 aromatic heterocycles. The third-order valence-corrected chi connectivity index (χ3v) is 1.87. The summed E-state index contributed by atoms with van der Waals surface area (Å²) in [6, 6.07) is 0. The highest BCUT2D eigenvalue weighted by molar-refractivity contribution is 4.67. The number of methoxy groups -OCH3 is 1. The fourth-order valence-corrected chi connectivity index (χ4v) is 1.25. The van der Waals surface area contributed by atoms with Gasteiger partial charge >= 0.3 is 0 Å². The molecule has 1 N–H and O–H groups in total. The summed E-state index contributed by atoms with van der Waals surface area (Å²) >= 11 is 0. The van der Waals surface area contributed by atoms with Crippen LogP contribution in [0.25, 0.3) is 0 Å². The molecule has 0 saturated heterocycles. The first-order chi connectivity index (χ1) is 7.29. The predicted octanol–water partition coefficient (Wildman–Crippen LogP) is 1.41. The molecule has 90 valence electrons. The molecule has 6 nitrogen and oxygen atoms in total. The highest BCUT2D eigenvalue weighted by atomic mass is 16.7. The van der Waals surface area contributed by atoms with Crippen LogP contribution in [0, 0.1) is 4.91 Å². The van der Waals surface area contributed by atoms with Crippen molar-refractivity contribution in [1.82, 2.24) is 5.32 Å². The lowest BCUT2D eigenvalue weighted by Crippen LogP contribution is -2.42. The summed E-state index contributed by atoms with van der Waals surface area (Å²) in [5.74, 6) is 0.